The monoisotopic (exact) mass is 501 g/mol. The number of Topliss-reactive ketones (excluding diaryl/α,β-unsaturated/α-hetero) is 1. The number of hydrogen-bond donors (Lipinski definition) is 1. The number of hydrogen-bond acceptors (Lipinski definition) is 6. The molecule has 1 N–H and O–H groups in total. The van der Waals surface area contributed by atoms with Gasteiger partial charge in [-0.25, -0.2) is 0 Å². The minimum absolute atomic E-state index is 0.0206. The van der Waals surface area contributed by atoms with Crippen molar-refractivity contribution in [3.63, 3.8) is 0 Å². The quantitative estimate of drug-likeness (QED) is 0.267. The molecule has 0 spiro atoms. The van der Waals surface area contributed by atoms with Crippen LogP contribution in [0, 0.1) is 0 Å². The number of rotatable bonds is 6. The molecular formula is C30H31NO6. The predicted molar refractivity (Wildman–Crippen MR) is 142 cm³/mol. The zero-order chi connectivity index (χ0) is 26.9. The van der Waals surface area contributed by atoms with Gasteiger partial charge in [-0.3, -0.25) is 14.5 Å². The molecule has 3 aromatic rings. The number of carbonyl (C=O) groups is 2. The summed E-state index contributed by atoms with van der Waals surface area (Å²) < 4.78 is 16.0. The molecule has 1 unspecified atom stereocenters. The molecule has 192 valence electrons. The highest BCUT2D eigenvalue weighted by atomic mass is 16.5. The maximum atomic E-state index is 13.5. The van der Waals surface area contributed by atoms with E-state index in [1.165, 1.54) is 19.1 Å². The number of ketones is 1. The van der Waals surface area contributed by atoms with E-state index in [4.69, 9.17) is 14.2 Å². The van der Waals surface area contributed by atoms with Crippen molar-refractivity contribution in [3.05, 3.63) is 89.0 Å². The molecule has 1 aliphatic heterocycles. The summed E-state index contributed by atoms with van der Waals surface area (Å²) >= 11 is 0. The third-order valence-corrected chi connectivity index (χ3v) is 6.55. The van der Waals surface area contributed by atoms with E-state index in [1.54, 1.807) is 49.6 Å². The third-order valence-electron chi connectivity index (χ3n) is 6.55. The van der Waals surface area contributed by atoms with Gasteiger partial charge in [0.05, 0.1) is 38.5 Å². The van der Waals surface area contributed by atoms with Gasteiger partial charge >= 0.3 is 0 Å². The lowest BCUT2D eigenvalue weighted by atomic mass is 9.85. The molecule has 0 aliphatic carbocycles. The Hall–Kier alpha value is -4.26. The Bertz CT molecular complexity index is 1350. The lowest BCUT2D eigenvalue weighted by Gasteiger charge is -2.27. The van der Waals surface area contributed by atoms with Crippen LogP contribution in [-0.4, -0.2) is 38.1 Å². The van der Waals surface area contributed by atoms with E-state index < -0.39 is 17.7 Å². The molecule has 0 bridgehead atoms. The molecule has 1 heterocycles. The van der Waals surface area contributed by atoms with Gasteiger partial charge in [-0.05, 0) is 52.9 Å². The van der Waals surface area contributed by atoms with E-state index in [2.05, 4.69) is 20.8 Å². The van der Waals surface area contributed by atoms with Crippen molar-refractivity contribution in [2.75, 3.05) is 26.2 Å². The average molecular weight is 502 g/mol. The Labute approximate surface area is 216 Å². The summed E-state index contributed by atoms with van der Waals surface area (Å²) in [6.07, 6.45) is 0. The van der Waals surface area contributed by atoms with Crippen molar-refractivity contribution in [3.8, 4) is 17.2 Å². The number of aliphatic hydroxyl groups excluding tert-OH is 1. The maximum absolute atomic E-state index is 13.5. The number of aliphatic hydroxyl groups is 1. The second kappa shape index (κ2) is 10.0. The smallest absolute Gasteiger partial charge is 0.300 e. The number of amides is 1. The maximum Gasteiger partial charge on any atom is 0.300 e. The number of anilines is 1. The zero-order valence-corrected chi connectivity index (χ0v) is 21.9. The number of carbonyl (C=O) groups excluding carboxylic acids is 2. The largest absolute Gasteiger partial charge is 0.507 e. The summed E-state index contributed by atoms with van der Waals surface area (Å²) in [6.45, 7) is 6.34. The second-order valence-electron chi connectivity index (χ2n) is 9.81. The summed E-state index contributed by atoms with van der Waals surface area (Å²) in [4.78, 5) is 28.3. The van der Waals surface area contributed by atoms with Crippen LogP contribution in [0.5, 0.6) is 17.2 Å². The van der Waals surface area contributed by atoms with Crippen molar-refractivity contribution < 1.29 is 28.9 Å². The highest BCUT2D eigenvalue weighted by Crippen LogP contribution is 2.44. The standard InChI is InChI=1S/C30H31NO6/c1-30(2,3)19-9-7-18(8-10-19)26-25(27(32)23-16-15-22(36-5)17-24(23)37-6)28(33)29(34)31(26)20-11-13-21(35-4)14-12-20/h7-17,26,32H,1-6H3/b27-25-. The van der Waals surface area contributed by atoms with E-state index in [1.807, 2.05) is 24.3 Å². The molecule has 0 saturated carbocycles. The van der Waals surface area contributed by atoms with Crippen LogP contribution in [0.1, 0.15) is 43.5 Å². The summed E-state index contributed by atoms with van der Waals surface area (Å²) in [7, 11) is 4.54. The SMILES string of the molecule is COc1ccc(N2C(=O)C(=O)/C(=C(\O)c3ccc(OC)cc3OC)C2c2ccc(C(C)(C)C)cc2)cc1. The normalized spacial score (nSPS) is 17.1. The van der Waals surface area contributed by atoms with Crippen LogP contribution in [-0.2, 0) is 15.0 Å². The Morgan fingerprint density at radius 2 is 1.41 bits per heavy atom. The van der Waals surface area contributed by atoms with Gasteiger partial charge < -0.3 is 19.3 Å². The molecule has 4 rings (SSSR count). The molecular weight excluding hydrogens is 470 g/mol. The molecule has 1 fully saturated rings. The third kappa shape index (κ3) is 4.77. The predicted octanol–water partition coefficient (Wildman–Crippen LogP) is 5.64. The molecule has 0 radical (unpaired) electrons. The summed E-state index contributed by atoms with van der Waals surface area (Å²) in [6, 6.07) is 18.7. The van der Waals surface area contributed by atoms with Crippen molar-refractivity contribution in [2.24, 2.45) is 0 Å². The number of ether oxygens (including phenoxy) is 3. The molecule has 1 amide bonds. The highest BCUT2D eigenvalue weighted by Gasteiger charge is 2.47. The average Bonchev–Trinajstić information content (AvgIpc) is 3.17. The molecule has 37 heavy (non-hydrogen) atoms. The van der Waals surface area contributed by atoms with Gasteiger partial charge in [0.25, 0.3) is 11.7 Å². The minimum Gasteiger partial charge on any atom is -0.507 e. The first kappa shape index (κ1) is 25.8. The van der Waals surface area contributed by atoms with E-state index >= 15 is 0 Å². The summed E-state index contributed by atoms with van der Waals surface area (Å²) in [5.74, 6) is -0.371. The molecule has 1 saturated heterocycles. The molecule has 7 heteroatoms. The summed E-state index contributed by atoms with van der Waals surface area (Å²) in [5.41, 5.74) is 2.49. The van der Waals surface area contributed by atoms with Gasteiger partial charge in [-0.15, -0.1) is 0 Å². The molecule has 1 aliphatic rings. The number of nitrogens with zero attached hydrogens (tertiary/aromatic N) is 1. The van der Waals surface area contributed by atoms with E-state index in [-0.39, 0.29) is 22.3 Å². The Kier molecular flexibility index (Phi) is 6.99. The fraction of sp³-hybridized carbons (Fsp3) is 0.267. The van der Waals surface area contributed by atoms with E-state index in [9.17, 15) is 14.7 Å². The van der Waals surface area contributed by atoms with Gasteiger partial charge in [0, 0.05) is 11.8 Å². The second-order valence-corrected chi connectivity index (χ2v) is 9.81. The van der Waals surface area contributed by atoms with Gasteiger partial charge in [0.2, 0.25) is 0 Å². The van der Waals surface area contributed by atoms with Crippen molar-refractivity contribution in [1.29, 1.82) is 0 Å². The van der Waals surface area contributed by atoms with E-state index in [0.717, 1.165) is 5.56 Å². The van der Waals surface area contributed by atoms with Crippen LogP contribution >= 0.6 is 0 Å². The van der Waals surface area contributed by atoms with E-state index in [0.29, 0.717) is 28.5 Å². The number of benzene rings is 3. The number of methoxy groups -OCH3 is 3. The van der Waals surface area contributed by atoms with Crippen molar-refractivity contribution >= 4 is 23.1 Å². The lowest BCUT2D eigenvalue weighted by Crippen LogP contribution is -2.29. The topological polar surface area (TPSA) is 85.3 Å². The van der Waals surface area contributed by atoms with Crippen molar-refractivity contribution in [1.82, 2.24) is 0 Å². The lowest BCUT2D eigenvalue weighted by molar-refractivity contribution is -0.132. The first-order valence-corrected chi connectivity index (χ1v) is 11.9. The molecule has 3 aromatic carbocycles. The fourth-order valence-electron chi connectivity index (χ4n) is 4.46. The van der Waals surface area contributed by atoms with Crippen LogP contribution in [0.4, 0.5) is 5.69 Å². The Morgan fingerprint density at radius 3 is 1.95 bits per heavy atom. The van der Waals surface area contributed by atoms with Crippen LogP contribution < -0.4 is 19.1 Å². The van der Waals surface area contributed by atoms with Gasteiger partial charge in [-0.1, -0.05) is 45.0 Å². The Balaban J connectivity index is 1.94. The van der Waals surface area contributed by atoms with Crippen LogP contribution in [0.2, 0.25) is 0 Å². The molecule has 0 aromatic heterocycles. The fourth-order valence-corrected chi connectivity index (χ4v) is 4.46. The Morgan fingerprint density at radius 1 is 0.811 bits per heavy atom. The molecule has 7 nitrogen and oxygen atoms in total. The van der Waals surface area contributed by atoms with Crippen LogP contribution in [0.15, 0.2) is 72.3 Å². The van der Waals surface area contributed by atoms with Gasteiger partial charge in [0.15, 0.2) is 0 Å². The van der Waals surface area contributed by atoms with Crippen LogP contribution in [0.25, 0.3) is 5.76 Å². The van der Waals surface area contributed by atoms with Gasteiger partial charge in [-0.2, -0.15) is 0 Å². The first-order valence-electron chi connectivity index (χ1n) is 11.9. The van der Waals surface area contributed by atoms with Gasteiger partial charge in [0.1, 0.15) is 23.0 Å². The first-order chi connectivity index (χ1) is 17.6. The minimum atomic E-state index is -0.853. The zero-order valence-electron chi connectivity index (χ0n) is 21.9. The van der Waals surface area contributed by atoms with Crippen LogP contribution in [0.3, 0.4) is 0 Å². The summed E-state index contributed by atoms with van der Waals surface area (Å²) in [5, 5.41) is 11.5. The molecule has 1 atom stereocenters. The highest BCUT2D eigenvalue weighted by molar-refractivity contribution is 6.51. The van der Waals surface area contributed by atoms with Crippen molar-refractivity contribution in [2.45, 2.75) is 32.2 Å².